The highest BCUT2D eigenvalue weighted by molar-refractivity contribution is 5.94. The fourth-order valence-electron chi connectivity index (χ4n) is 3.97. The van der Waals surface area contributed by atoms with Crippen LogP contribution in [0, 0.1) is 20.8 Å². The van der Waals surface area contributed by atoms with Gasteiger partial charge in [-0.05, 0) is 49.6 Å². The summed E-state index contributed by atoms with van der Waals surface area (Å²) in [5, 5.41) is 5.26. The zero-order chi connectivity index (χ0) is 22.2. The van der Waals surface area contributed by atoms with Crippen molar-refractivity contribution < 1.29 is 9.32 Å². The molecule has 32 heavy (non-hydrogen) atoms. The van der Waals surface area contributed by atoms with Gasteiger partial charge >= 0.3 is 0 Å². The Hall–Kier alpha value is -3.99. The van der Waals surface area contributed by atoms with Gasteiger partial charge in [-0.15, -0.1) is 0 Å². The molecule has 0 N–H and O–H groups in total. The van der Waals surface area contributed by atoms with Crippen molar-refractivity contribution in [1.82, 2.24) is 14.7 Å². The summed E-state index contributed by atoms with van der Waals surface area (Å²) in [6.45, 7) is 7.11. The second-order valence-electron chi connectivity index (χ2n) is 8.27. The van der Waals surface area contributed by atoms with Crippen molar-refractivity contribution in [3.63, 3.8) is 0 Å². The molecule has 3 aromatic carbocycles. The lowest BCUT2D eigenvalue weighted by atomic mass is 10.1. The summed E-state index contributed by atoms with van der Waals surface area (Å²) in [7, 11) is 0. The zero-order valence-corrected chi connectivity index (χ0v) is 18.3. The smallest absolute Gasteiger partial charge is 0.260 e. The fraction of sp³-hybridized carbons (Fsp3) is 0.148. The molecule has 2 aromatic heterocycles. The van der Waals surface area contributed by atoms with Crippen molar-refractivity contribution >= 4 is 17.2 Å². The number of aryl methyl sites for hydroxylation is 3. The minimum Gasteiger partial charge on any atom is -0.342 e. The first-order valence-corrected chi connectivity index (χ1v) is 10.6. The highest BCUT2D eigenvalue weighted by Crippen LogP contribution is 2.32. The van der Waals surface area contributed by atoms with Crippen LogP contribution in [0.4, 0.5) is 0 Å². The Morgan fingerprint density at radius 1 is 0.938 bits per heavy atom. The lowest BCUT2D eigenvalue weighted by molar-refractivity contribution is 0.112. The number of hydrogen-bond acceptors (Lipinski definition) is 4. The molecule has 0 spiro atoms. The second-order valence-corrected chi connectivity index (χ2v) is 8.27. The maximum absolute atomic E-state index is 10.9. The number of hydrogen-bond donors (Lipinski definition) is 0. The van der Waals surface area contributed by atoms with Crippen LogP contribution in [0.1, 0.15) is 32.6 Å². The third-order valence-electron chi connectivity index (χ3n) is 5.92. The Balaban J connectivity index is 1.56. The average Bonchev–Trinajstić information content (AvgIpc) is 3.41. The second kappa shape index (κ2) is 7.93. The first kappa shape index (κ1) is 19.9. The number of carbonyl (C=O) groups excluding carboxylic acids is 1. The molecule has 0 fully saturated rings. The van der Waals surface area contributed by atoms with Gasteiger partial charge in [0.05, 0.1) is 5.56 Å². The molecule has 0 amide bonds. The maximum atomic E-state index is 10.9. The van der Waals surface area contributed by atoms with E-state index < -0.39 is 0 Å². The Labute approximate surface area is 186 Å². The Bertz CT molecular complexity index is 1440. The molecule has 5 heteroatoms. The van der Waals surface area contributed by atoms with E-state index in [0.717, 1.165) is 34.9 Å². The molecule has 0 radical (unpaired) electrons. The number of aromatic nitrogens is 3. The predicted octanol–water partition coefficient (Wildman–Crippen LogP) is 6.14. The number of carbonyl (C=O) groups is 1. The minimum atomic E-state index is 0.480. The van der Waals surface area contributed by atoms with Crippen LogP contribution in [0.15, 0.2) is 71.4 Å². The molecule has 0 unspecified atom stereocenters. The van der Waals surface area contributed by atoms with Gasteiger partial charge in [0.15, 0.2) is 0 Å². The maximum Gasteiger partial charge on any atom is 0.260 e. The van der Waals surface area contributed by atoms with Crippen molar-refractivity contribution in [3.05, 3.63) is 94.7 Å². The topological polar surface area (TPSA) is 60.9 Å². The molecule has 2 heterocycles. The van der Waals surface area contributed by atoms with E-state index in [9.17, 15) is 4.79 Å². The Morgan fingerprint density at radius 3 is 2.50 bits per heavy atom. The van der Waals surface area contributed by atoms with E-state index in [2.05, 4.69) is 78.1 Å². The Kier molecular flexibility index (Phi) is 4.94. The van der Waals surface area contributed by atoms with Gasteiger partial charge in [-0.2, -0.15) is 4.98 Å². The Morgan fingerprint density at radius 2 is 1.75 bits per heavy atom. The summed E-state index contributed by atoms with van der Waals surface area (Å²) >= 11 is 0. The summed E-state index contributed by atoms with van der Waals surface area (Å²) < 4.78 is 7.90. The lowest BCUT2D eigenvalue weighted by Gasteiger charge is -2.08. The first-order valence-electron chi connectivity index (χ1n) is 10.6. The zero-order valence-electron chi connectivity index (χ0n) is 18.3. The molecule has 0 aliphatic carbocycles. The molecule has 158 valence electrons. The quantitative estimate of drug-likeness (QED) is 0.320. The molecular weight excluding hydrogens is 398 g/mol. The van der Waals surface area contributed by atoms with E-state index in [4.69, 9.17) is 4.52 Å². The van der Waals surface area contributed by atoms with Gasteiger partial charge in [-0.1, -0.05) is 59.3 Å². The van der Waals surface area contributed by atoms with Gasteiger partial charge in [-0.3, -0.25) is 4.79 Å². The van der Waals surface area contributed by atoms with Crippen LogP contribution in [0.3, 0.4) is 0 Å². The number of rotatable bonds is 5. The average molecular weight is 422 g/mol. The highest BCUT2D eigenvalue weighted by Gasteiger charge is 2.17. The monoisotopic (exact) mass is 421 g/mol. The molecule has 0 saturated heterocycles. The van der Waals surface area contributed by atoms with E-state index in [0.29, 0.717) is 17.3 Å². The van der Waals surface area contributed by atoms with E-state index in [1.54, 1.807) is 12.1 Å². The highest BCUT2D eigenvalue weighted by atomic mass is 16.5. The number of fused-ring (bicyclic) bond motifs is 1. The predicted molar refractivity (Wildman–Crippen MR) is 126 cm³/mol. The van der Waals surface area contributed by atoms with Crippen LogP contribution in [0.2, 0.25) is 0 Å². The van der Waals surface area contributed by atoms with Crippen LogP contribution < -0.4 is 0 Å². The summed E-state index contributed by atoms with van der Waals surface area (Å²) in [6, 6.07) is 20.2. The summed E-state index contributed by atoms with van der Waals surface area (Å²) in [5.74, 6) is 0.981. The molecule has 5 rings (SSSR count). The molecule has 5 nitrogen and oxygen atoms in total. The van der Waals surface area contributed by atoms with Crippen LogP contribution >= 0.6 is 0 Å². The van der Waals surface area contributed by atoms with Gasteiger partial charge in [0.25, 0.3) is 5.89 Å². The van der Waals surface area contributed by atoms with Crippen molar-refractivity contribution in [2.24, 2.45) is 0 Å². The normalized spacial score (nSPS) is 11.2. The van der Waals surface area contributed by atoms with Crippen LogP contribution in [-0.4, -0.2) is 21.0 Å². The minimum absolute atomic E-state index is 0.480. The van der Waals surface area contributed by atoms with Crippen molar-refractivity contribution in [2.45, 2.75) is 27.3 Å². The number of benzene rings is 3. The van der Waals surface area contributed by atoms with Gasteiger partial charge in [-0.25, -0.2) is 0 Å². The van der Waals surface area contributed by atoms with E-state index >= 15 is 0 Å². The van der Waals surface area contributed by atoms with Crippen molar-refractivity contribution in [1.29, 1.82) is 0 Å². The summed E-state index contributed by atoms with van der Waals surface area (Å²) in [5.41, 5.74) is 8.46. The molecule has 5 aromatic rings. The van der Waals surface area contributed by atoms with Crippen LogP contribution in [-0.2, 0) is 6.54 Å². The first-order chi connectivity index (χ1) is 15.5. The third kappa shape index (κ3) is 3.62. The molecule has 0 aliphatic rings. The third-order valence-corrected chi connectivity index (χ3v) is 5.92. The SMILES string of the molecule is Cc1ccc2c(c1)c(-c1nc(-c3ccc(C=O)cc3)no1)cn2Cc1ccc(C)c(C)c1. The molecule has 0 saturated carbocycles. The van der Waals surface area contributed by atoms with Crippen molar-refractivity contribution in [2.75, 3.05) is 0 Å². The van der Waals surface area contributed by atoms with Gasteiger partial charge < -0.3 is 9.09 Å². The van der Waals surface area contributed by atoms with E-state index in [1.165, 1.54) is 22.3 Å². The largest absolute Gasteiger partial charge is 0.342 e. The molecular formula is C27H23N3O2. The van der Waals surface area contributed by atoms with E-state index in [-0.39, 0.29) is 0 Å². The van der Waals surface area contributed by atoms with Gasteiger partial charge in [0.1, 0.15) is 6.29 Å². The molecule has 0 atom stereocenters. The van der Waals surface area contributed by atoms with Crippen LogP contribution in [0.5, 0.6) is 0 Å². The number of nitrogens with zero attached hydrogens (tertiary/aromatic N) is 3. The van der Waals surface area contributed by atoms with E-state index in [1.807, 2.05) is 12.1 Å². The van der Waals surface area contributed by atoms with Crippen molar-refractivity contribution in [3.8, 4) is 22.8 Å². The standard InChI is InChI=1S/C27H23N3O2/c1-17-4-11-25-23(12-17)24(15-30(25)14-21-6-5-18(2)19(3)13-21)27-28-26(29-32-27)22-9-7-20(16-31)8-10-22/h4-13,15-16H,14H2,1-3H3. The van der Waals surface area contributed by atoms with Gasteiger partial charge in [0, 0.05) is 34.8 Å². The molecule has 0 aliphatic heterocycles. The summed E-state index contributed by atoms with van der Waals surface area (Å²) in [6.07, 6.45) is 2.91. The summed E-state index contributed by atoms with van der Waals surface area (Å²) in [4.78, 5) is 15.6. The fourth-order valence-corrected chi connectivity index (χ4v) is 3.97. The number of aldehydes is 1. The molecule has 0 bridgehead atoms. The van der Waals surface area contributed by atoms with Crippen LogP contribution in [0.25, 0.3) is 33.7 Å². The lowest BCUT2D eigenvalue weighted by Crippen LogP contribution is -1.98. The van der Waals surface area contributed by atoms with Gasteiger partial charge in [0.2, 0.25) is 5.82 Å².